The van der Waals surface area contributed by atoms with Crippen LogP contribution in [0, 0.1) is 0 Å². The molecule has 1 rings (SSSR count). The lowest BCUT2D eigenvalue weighted by Gasteiger charge is -2.10. The van der Waals surface area contributed by atoms with E-state index in [1.165, 1.54) is 0 Å². The van der Waals surface area contributed by atoms with Crippen molar-refractivity contribution in [3.8, 4) is 0 Å². The van der Waals surface area contributed by atoms with Gasteiger partial charge in [-0.2, -0.15) is 0 Å². The number of unbranched alkanes of at least 4 members (excludes halogenated alkanes) is 1. The maximum absolute atomic E-state index is 12.3. The van der Waals surface area contributed by atoms with Gasteiger partial charge in [0.25, 0.3) is 0 Å². The zero-order valence-corrected chi connectivity index (χ0v) is 14.9. The van der Waals surface area contributed by atoms with Gasteiger partial charge in [0.15, 0.2) is 0 Å². The molecule has 0 aliphatic heterocycles. The number of hydrogen-bond acceptors (Lipinski definition) is 4. The molecule has 1 aromatic carbocycles. The molecule has 7 heteroatoms. The van der Waals surface area contributed by atoms with E-state index >= 15 is 0 Å². The Morgan fingerprint density at radius 2 is 2.05 bits per heavy atom. The van der Waals surface area contributed by atoms with Gasteiger partial charge in [0.1, 0.15) is 0 Å². The Bertz CT molecular complexity index is 535. The highest BCUT2D eigenvalue weighted by Crippen LogP contribution is 2.23. The van der Waals surface area contributed by atoms with Crippen LogP contribution in [0.5, 0.6) is 0 Å². The molecular weight excluding hydrogens is 356 g/mol. The van der Waals surface area contributed by atoms with Crippen LogP contribution >= 0.6 is 15.9 Å². The second kappa shape index (κ2) is 9.53. The van der Waals surface area contributed by atoms with Crippen molar-refractivity contribution < 1.29 is 13.2 Å². The van der Waals surface area contributed by atoms with E-state index in [1.807, 2.05) is 13.1 Å². The van der Waals surface area contributed by atoms with Crippen LogP contribution in [0.4, 0.5) is 0 Å². The summed E-state index contributed by atoms with van der Waals surface area (Å²) in [5.74, 6) is 0. The van der Waals surface area contributed by atoms with Gasteiger partial charge in [-0.3, -0.25) is 0 Å². The van der Waals surface area contributed by atoms with Gasteiger partial charge in [-0.05, 0) is 47.1 Å². The van der Waals surface area contributed by atoms with E-state index in [2.05, 4.69) is 32.9 Å². The first-order valence-corrected chi connectivity index (χ1v) is 9.29. The summed E-state index contributed by atoms with van der Waals surface area (Å²) in [5.41, 5.74) is 0.917. The molecular formula is C14H23BrN2O3S. The van der Waals surface area contributed by atoms with Crippen LogP contribution in [0.25, 0.3) is 0 Å². The molecule has 0 atom stereocenters. The first-order chi connectivity index (χ1) is 10.0. The minimum absolute atomic E-state index is 0.254. The summed E-state index contributed by atoms with van der Waals surface area (Å²) in [4.78, 5) is 0.254. The van der Waals surface area contributed by atoms with Gasteiger partial charge in [0, 0.05) is 24.2 Å². The summed E-state index contributed by atoms with van der Waals surface area (Å²) in [7, 11) is -1.71. The molecule has 0 heterocycles. The van der Waals surface area contributed by atoms with Crippen molar-refractivity contribution in [1.82, 2.24) is 10.0 Å². The minimum atomic E-state index is -3.53. The van der Waals surface area contributed by atoms with E-state index in [-0.39, 0.29) is 11.4 Å². The Balaban J connectivity index is 2.63. The van der Waals surface area contributed by atoms with Crippen LogP contribution in [0.2, 0.25) is 0 Å². The third-order valence-electron chi connectivity index (χ3n) is 2.85. The molecule has 0 aliphatic carbocycles. The molecule has 21 heavy (non-hydrogen) atoms. The predicted octanol–water partition coefficient (Wildman–Crippen LogP) is 2.26. The number of benzene rings is 1. The number of hydrogen-bond donors (Lipinski definition) is 2. The molecule has 0 radical (unpaired) electrons. The average Bonchev–Trinajstić information content (AvgIpc) is 2.45. The Labute approximate surface area is 135 Å². The SMILES string of the molecule is CCCCOCCNS(=O)(=O)c1cc(CNC)ccc1Br. The third-order valence-corrected chi connectivity index (χ3v) is 5.30. The second-order valence-corrected chi connectivity index (χ2v) is 7.25. The van der Waals surface area contributed by atoms with E-state index in [0.717, 1.165) is 18.4 Å². The van der Waals surface area contributed by atoms with Gasteiger partial charge in [-0.25, -0.2) is 13.1 Å². The Morgan fingerprint density at radius 1 is 1.29 bits per heavy atom. The Kier molecular flexibility index (Phi) is 8.43. The van der Waals surface area contributed by atoms with Crippen molar-refractivity contribution in [2.45, 2.75) is 31.2 Å². The smallest absolute Gasteiger partial charge is 0.241 e. The molecule has 0 aromatic heterocycles. The second-order valence-electron chi connectivity index (χ2n) is 4.66. The first-order valence-electron chi connectivity index (χ1n) is 7.01. The predicted molar refractivity (Wildman–Crippen MR) is 87.8 cm³/mol. The largest absolute Gasteiger partial charge is 0.380 e. The van der Waals surface area contributed by atoms with Crippen molar-refractivity contribution in [2.75, 3.05) is 26.8 Å². The normalized spacial score (nSPS) is 11.8. The summed E-state index contributed by atoms with van der Waals surface area (Å²) < 4.78 is 33.0. The molecule has 0 amide bonds. The number of halogens is 1. The lowest BCUT2D eigenvalue weighted by molar-refractivity contribution is 0.136. The monoisotopic (exact) mass is 378 g/mol. The van der Waals surface area contributed by atoms with Crippen molar-refractivity contribution in [1.29, 1.82) is 0 Å². The molecule has 0 saturated carbocycles. The molecule has 5 nitrogen and oxygen atoms in total. The third kappa shape index (κ3) is 6.44. The summed E-state index contributed by atoms with van der Waals surface area (Å²) in [6.45, 7) is 4.03. The fourth-order valence-corrected chi connectivity index (χ4v) is 3.77. The molecule has 120 valence electrons. The first kappa shape index (κ1) is 18.6. The standard InChI is InChI=1S/C14H23BrN2O3S/c1-3-4-8-20-9-7-17-21(18,19)14-10-12(11-16-2)5-6-13(14)15/h5-6,10,16-17H,3-4,7-9,11H2,1-2H3. The highest BCUT2D eigenvalue weighted by molar-refractivity contribution is 9.10. The number of nitrogens with one attached hydrogen (secondary N) is 2. The van der Waals surface area contributed by atoms with E-state index in [4.69, 9.17) is 4.74 Å². The van der Waals surface area contributed by atoms with Gasteiger partial charge in [0.2, 0.25) is 10.0 Å². The van der Waals surface area contributed by atoms with Crippen LogP contribution in [-0.4, -0.2) is 35.2 Å². The molecule has 1 aromatic rings. The summed E-state index contributed by atoms with van der Waals surface area (Å²) >= 11 is 3.29. The number of sulfonamides is 1. The fourth-order valence-electron chi connectivity index (χ4n) is 1.74. The zero-order chi connectivity index (χ0) is 15.7. The van der Waals surface area contributed by atoms with E-state index in [0.29, 0.717) is 24.2 Å². The van der Waals surface area contributed by atoms with Gasteiger partial charge in [-0.1, -0.05) is 19.4 Å². The van der Waals surface area contributed by atoms with Crippen LogP contribution in [0.15, 0.2) is 27.6 Å². The highest BCUT2D eigenvalue weighted by atomic mass is 79.9. The van der Waals surface area contributed by atoms with Crippen molar-refractivity contribution in [2.24, 2.45) is 0 Å². The lowest BCUT2D eigenvalue weighted by Crippen LogP contribution is -2.28. The molecule has 0 fully saturated rings. The zero-order valence-electron chi connectivity index (χ0n) is 12.5. The lowest BCUT2D eigenvalue weighted by atomic mass is 10.2. The topological polar surface area (TPSA) is 67.4 Å². The summed E-state index contributed by atoms with van der Waals surface area (Å²) in [5, 5.41) is 3.00. The number of rotatable bonds is 10. The average molecular weight is 379 g/mol. The van der Waals surface area contributed by atoms with Gasteiger partial charge in [0.05, 0.1) is 11.5 Å². The summed E-state index contributed by atoms with van der Waals surface area (Å²) in [6.07, 6.45) is 2.06. The van der Waals surface area contributed by atoms with Crippen LogP contribution in [0.1, 0.15) is 25.3 Å². The van der Waals surface area contributed by atoms with Crippen molar-refractivity contribution in [3.63, 3.8) is 0 Å². The van der Waals surface area contributed by atoms with E-state index in [1.54, 1.807) is 12.1 Å². The van der Waals surface area contributed by atoms with Gasteiger partial charge < -0.3 is 10.1 Å². The molecule has 0 saturated heterocycles. The fraction of sp³-hybridized carbons (Fsp3) is 0.571. The Hall–Kier alpha value is -0.470. The van der Waals surface area contributed by atoms with E-state index < -0.39 is 10.0 Å². The maximum Gasteiger partial charge on any atom is 0.241 e. The molecule has 0 spiro atoms. The van der Waals surface area contributed by atoms with Gasteiger partial charge in [-0.15, -0.1) is 0 Å². The Morgan fingerprint density at radius 3 is 2.71 bits per heavy atom. The molecule has 0 bridgehead atoms. The molecule has 0 unspecified atom stereocenters. The molecule has 0 aliphatic rings. The van der Waals surface area contributed by atoms with Crippen LogP contribution < -0.4 is 10.0 Å². The summed E-state index contributed by atoms with van der Waals surface area (Å²) in [6, 6.07) is 5.30. The van der Waals surface area contributed by atoms with Crippen LogP contribution in [-0.2, 0) is 21.3 Å². The number of ether oxygens (including phenoxy) is 1. The van der Waals surface area contributed by atoms with Gasteiger partial charge >= 0.3 is 0 Å². The van der Waals surface area contributed by atoms with Crippen LogP contribution in [0.3, 0.4) is 0 Å². The minimum Gasteiger partial charge on any atom is -0.380 e. The van der Waals surface area contributed by atoms with Crippen molar-refractivity contribution >= 4 is 26.0 Å². The van der Waals surface area contributed by atoms with Crippen molar-refractivity contribution in [3.05, 3.63) is 28.2 Å². The quantitative estimate of drug-likeness (QED) is 0.612. The highest BCUT2D eigenvalue weighted by Gasteiger charge is 2.17. The van der Waals surface area contributed by atoms with E-state index in [9.17, 15) is 8.42 Å². The maximum atomic E-state index is 12.3. The molecule has 2 N–H and O–H groups in total.